The van der Waals surface area contributed by atoms with E-state index in [1.807, 2.05) is 27.7 Å². The minimum Gasteiger partial charge on any atom is -0.339 e. The van der Waals surface area contributed by atoms with Crippen molar-refractivity contribution in [2.75, 3.05) is 6.54 Å². The molecule has 0 unspecified atom stereocenters. The van der Waals surface area contributed by atoms with Gasteiger partial charge in [0.2, 0.25) is 11.8 Å². The Hall–Kier alpha value is -1.96. The second kappa shape index (κ2) is 9.41. The number of nitriles is 1. The molecule has 10 heteroatoms. The molecule has 0 bridgehead atoms. The Morgan fingerprint density at radius 3 is 2.53 bits per heavy atom. The summed E-state index contributed by atoms with van der Waals surface area (Å²) in [5, 5.41) is 12.1. The highest BCUT2D eigenvalue weighted by Crippen LogP contribution is 2.65. The summed E-state index contributed by atoms with van der Waals surface area (Å²) in [5.41, 5.74) is 0.287. The molecule has 36 heavy (non-hydrogen) atoms. The summed E-state index contributed by atoms with van der Waals surface area (Å²) in [6.45, 7) is 11.9. The first-order valence-electron chi connectivity index (χ1n) is 12.9. The van der Waals surface area contributed by atoms with Crippen LogP contribution in [0.5, 0.6) is 0 Å². The number of nitrogens with zero attached hydrogens (tertiary/aromatic N) is 2. The van der Waals surface area contributed by atoms with Crippen LogP contribution in [0.2, 0.25) is 0 Å². The fraction of sp³-hybridized carbons (Fsp3) is 0.731. The Morgan fingerprint density at radius 2 is 1.94 bits per heavy atom. The van der Waals surface area contributed by atoms with Crippen molar-refractivity contribution in [1.29, 1.82) is 5.26 Å². The van der Waals surface area contributed by atoms with Gasteiger partial charge in [-0.05, 0) is 66.4 Å². The van der Waals surface area contributed by atoms with E-state index in [-0.39, 0.29) is 33.3 Å². The van der Waals surface area contributed by atoms with Crippen LogP contribution < -0.4 is 10.0 Å². The summed E-state index contributed by atoms with van der Waals surface area (Å²) in [6.07, 6.45) is 4.36. The highest BCUT2D eigenvalue weighted by Gasteiger charge is 2.69. The second-order valence-corrected chi connectivity index (χ2v) is 15.2. The van der Waals surface area contributed by atoms with E-state index >= 15 is 0 Å². The van der Waals surface area contributed by atoms with Crippen molar-refractivity contribution in [3.8, 4) is 6.07 Å². The van der Waals surface area contributed by atoms with Gasteiger partial charge in [0.15, 0.2) is 0 Å². The van der Waals surface area contributed by atoms with Crippen LogP contribution in [0.1, 0.15) is 71.2 Å². The zero-order valence-corrected chi connectivity index (χ0v) is 23.7. The third-order valence-corrected chi connectivity index (χ3v) is 11.4. The van der Waals surface area contributed by atoms with Gasteiger partial charge in [-0.25, -0.2) is 8.42 Å². The van der Waals surface area contributed by atoms with Crippen LogP contribution in [0.4, 0.5) is 0 Å². The van der Waals surface area contributed by atoms with Gasteiger partial charge in [-0.3, -0.25) is 9.59 Å². The molecule has 0 spiro atoms. The van der Waals surface area contributed by atoms with Crippen LogP contribution >= 0.6 is 11.3 Å². The van der Waals surface area contributed by atoms with Crippen molar-refractivity contribution in [3.05, 3.63) is 16.5 Å². The van der Waals surface area contributed by atoms with E-state index in [0.29, 0.717) is 13.0 Å². The predicted molar refractivity (Wildman–Crippen MR) is 139 cm³/mol. The lowest BCUT2D eigenvalue weighted by Crippen LogP contribution is -2.59. The third kappa shape index (κ3) is 4.82. The molecule has 1 aromatic heterocycles. The van der Waals surface area contributed by atoms with Gasteiger partial charge < -0.3 is 10.2 Å². The van der Waals surface area contributed by atoms with Gasteiger partial charge in [0.1, 0.15) is 22.3 Å². The lowest BCUT2D eigenvalue weighted by atomic mass is 9.86. The second-order valence-electron chi connectivity index (χ2n) is 12.1. The maximum absolute atomic E-state index is 14.0. The Bertz CT molecular complexity index is 1170. The molecule has 198 valence electrons. The quantitative estimate of drug-likeness (QED) is 0.557. The SMILES string of the molecule is CC[C@@H](C#N)NC(=O)[C@@H]1[C@@H]2[C@H](CN1C(=O)[C@@H](NS(=O)(=O)c1cc3c(s1)CCCC3)C(C)(C)C)C2(C)C. The number of carbonyl (C=O) groups is 2. The van der Waals surface area contributed by atoms with Crippen LogP contribution in [-0.4, -0.2) is 49.8 Å². The number of aryl methyl sites for hydroxylation is 2. The monoisotopic (exact) mass is 534 g/mol. The van der Waals surface area contributed by atoms with Gasteiger partial charge in [-0.2, -0.15) is 9.98 Å². The highest BCUT2D eigenvalue weighted by atomic mass is 32.2. The molecule has 1 aromatic rings. The topological polar surface area (TPSA) is 119 Å². The smallest absolute Gasteiger partial charge is 0.250 e. The molecule has 2 aliphatic carbocycles. The van der Waals surface area contributed by atoms with Crippen molar-refractivity contribution < 1.29 is 18.0 Å². The molecule has 4 rings (SSSR count). The Morgan fingerprint density at radius 1 is 1.28 bits per heavy atom. The van der Waals surface area contributed by atoms with E-state index < -0.39 is 33.6 Å². The molecule has 1 aliphatic heterocycles. The average molecular weight is 535 g/mol. The molecule has 0 radical (unpaired) electrons. The Balaban J connectivity index is 1.60. The highest BCUT2D eigenvalue weighted by molar-refractivity contribution is 7.91. The maximum Gasteiger partial charge on any atom is 0.250 e. The fourth-order valence-corrected chi connectivity index (χ4v) is 8.91. The van der Waals surface area contributed by atoms with Gasteiger partial charge in [0, 0.05) is 11.4 Å². The minimum absolute atomic E-state index is 0.0149. The number of sulfonamides is 1. The van der Waals surface area contributed by atoms with E-state index in [2.05, 4.69) is 30.0 Å². The number of piperidine rings is 1. The lowest BCUT2D eigenvalue weighted by Gasteiger charge is -2.37. The van der Waals surface area contributed by atoms with Crippen molar-refractivity contribution >= 4 is 33.2 Å². The lowest BCUT2D eigenvalue weighted by molar-refractivity contribution is -0.143. The molecular formula is C26H38N4O4S2. The number of rotatable bonds is 7. The molecule has 5 atom stereocenters. The van der Waals surface area contributed by atoms with Crippen molar-refractivity contribution in [2.24, 2.45) is 22.7 Å². The van der Waals surface area contributed by atoms with Crippen molar-refractivity contribution in [1.82, 2.24) is 14.9 Å². The minimum atomic E-state index is -3.92. The van der Waals surface area contributed by atoms with Crippen LogP contribution in [0.25, 0.3) is 0 Å². The maximum atomic E-state index is 14.0. The van der Waals surface area contributed by atoms with Crippen LogP contribution in [-0.2, 0) is 32.5 Å². The van der Waals surface area contributed by atoms with Crippen LogP contribution in [0.3, 0.4) is 0 Å². The zero-order chi connectivity index (χ0) is 26.6. The van der Waals surface area contributed by atoms with Gasteiger partial charge >= 0.3 is 0 Å². The molecule has 2 amide bonds. The molecular weight excluding hydrogens is 496 g/mol. The number of carbonyl (C=O) groups excluding carboxylic acids is 2. The summed E-state index contributed by atoms with van der Waals surface area (Å²) in [6, 6.07) is 1.46. The summed E-state index contributed by atoms with van der Waals surface area (Å²) >= 11 is 1.29. The van der Waals surface area contributed by atoms with Gasteiger partial charge in [-0.15, -0.1) is 11.3 Å². The number of likely N-dealkylation sites (tertiary alicyclic amines) is 1. The normalized spacial score (nSPS) is 26.4. The van der Waals surface area contributed by atoms with Crippen molar-refractivity contribution in [2.45, 2.75) is 96.0 Å². The fourth-order valence-electron chi connectivity index (χ4n) is 5.87. The molecule has 2 N–H and O–H groups in total. The summed E-state index contributed by atoms with van der Waals surface area (Å²) in [4.78, 5) is 29.9. The van der Waals surface area contributed by atoms with Gasteiger partial charge in [0.25, 0.3) is 10.0 Å². The van der Waals surface area contributed by atoms with Crippen LogP contribution in [0, 0.1) is 34.0 Å². The first-order chi connectivity index (χ1) is 16.7. The van der Waals surface area contributed by atoms with E-state index in [4.69, 9.17) is 0 Å². The molecule has 1 saturated heterocycles. The summed E-state index contributed by atoms with van der Waals surface area (Å²) in [5.74, 6) is -0.573. The largest absolute Gasteiger partial charge is 0.339 e. The van der Waals surface area contributed by atoms with Crippen LogP contribution in [0.15, 0.2) is 10.3 Å². The van der Waals surface area contributed by atoms with E-state index in [1.165, 1.54) is 11.3 Å². The molecule has 3 aliphatic rings. The number of thiophene rings is 1. The predicted octanol–water partition coefficient (Wildman–Crippen LogP) is 3.22. The number of hydrogen-bond acceptors (Lipinski definition) is 6. The van der Waals surface area contributed by atoms with E-state index in [0.717, 1.165) is 36.1 Å². The Kier molecular flexibility index (Phi) is 7.08. The number of amides is 2. The van der Waals surface area contributed by atoms with Crippen molar-refractivity contribution in [3.63, 3.8) is 0 Å². The Labute approximate surface area is 218 Å². The molecule has 2 heterocycles. The first kappa shape index (κ1) is 27.1. The molecule has 1 saturated carbocycles. The number of nitrogens with one attached hydrogen (secondary N) is 2. The standard InChI is InChI=1S/C26H38N4O4S2/c1-7-16(13-27)28-23(31)21-20-17(26(20,5)6)14-30(21)24(32)22(25(2,3)4)29-36(33,34)19-12-15-10-8-9-11-18(15)35-19/h12,16-17,20-22,29H,7-11,14H2,1-6H3,(H,28,31)/t16-,17-,20-,21-,22+/m0/s1. The molecule has 2 fully saturated rings. The summed E-state index contributed by atoms with van der Waals surface area (Å²) < 4.78 is 29.9. The number of hydrogen-bond donors (Lipinski definition) is 2. The van der Waals surface area contributed by atoms with Gasteiger partial charge in [0.05, 0.1) is 6.07 Å². The van der Waals surface area contributed by atoms with E-state index in [1.54, 1.807) is 11.0 Å². The molecule has 8 nitrogen and oxygen atoms in total. The third-order valence-electron chi connectivity index (χ3n) is 8.27. The number of fused-ring (bicyclic) bond motifs is 2. The zero-order valence-electron chi connectivity index (χ0n) is 22.1. The van der Waals surface area contributed by atoms with Gasteiger partial charge in [-0.1, -0.05) is 41.5 Å². The first-order valence-corrected chi connectivity index (χ1v) is 15.2. The van der Waals surface area contributed by atoms with E-state index in [9.17, 15) is 23.3 Å². The average Bonchev–Trinajstić information content (AvgIpc) is 3.21. The summed E-state index contributed by atoms with van der Waals surface area (Å²) in [7, 11) is -3.92. The molecule has 0 aromatic carbocycles.